The van der Waals surface area contributed by atoms with Gasteiger partial charge in [-0.15, -0.1) is 0 Å². The molecule has 0 radical (unpaired) electrons. The van der Waals surface area contributed by atoms with Crippen molar-refractivity contribution in [1.29, 1.82) is 0 Å². The van der Waals surface area contributed by atoms with Gasteiger partial charge in [0.1, 0.15) is 6.04 Å². The Bertz CT molecular complexity index is 931. The number of fused-ring (bicyclic) bond motifs is 3. The zero-order valence-electron chi connectivity index (χ0n) is 16.8. The fourth-order valence-electron chi connectivity index (χ4n) is 5.82. The molecule has 2 saturated heterocycles. The number of nitrogens with one attached hydrogen (secondary N) is 1. The van der Waals surface area contributed by atoms with Gasteiger partial charge < -0.3 is 5.73 Å². The molecule has 2 bridgehead atoms. The highest BCUT2D eigenvalue weighted by Crippen LogP contribution is 2.41. The molecule has 3 atom stereocenters. The molecular weight excluding hydrogens is 384 g/mol. The molecule has 1 aromatic rings. The second kappa shape index (κ2) is 7.28. The molecule has 1 aliphatic carbocycles. The van der Waals surface area contributed by atoms with Crippen LogP contribution in [0.25, 0.3) is 0 Å². The molecule has 0 spiro atoms. The summed E-state index contributed by atoms with van der Waals surface area (Å²) in [6.07, 6.45) is 2.76. The minimum Gasteiger partial charge on any atom is -0.330 e. The number of carbonyl (C=O) groups excluding carboxylic acids is 4. The van der Waals surface area contributed by atoms with Crippen molar-refractivity contribution in [1.82, 2.24) is 15.1 Å². The molecule has 0 aromatic heterocycles. The molecule has 3 N–H and O–H groups in total. The van der Waals surface area contributed by atoms with Crippen molar-refractivity contribution in [3.63, 3.8) is 0 Å². The third-order valence-corrected chi connectivity index (χ3v) is 7.29. The molecule has 4 aliphatic rings. The molecule has 30 heavy (non-hydrogen) atoms. The summed E-state index contributed by atoms with van der Waals surface area (Å²) < 4.78 is 0. The number of nitrogens with zero attached hydrogens (tertiary/aromatic N) is 2. The van der Waals surface area contributed by atoms with Gasteiger partial charge in [-0.1, -0.05) is 6.07 Å². The average molecular weight is 410 g/mol. The lowest BCUT2D eigenvalue weighted by Crippen LogP contribution is -2.54. The summed E-state index contributed by atoms with van der Waals surface area (Å²) in [6.45, 7) is 3.53. The van der Waals surface area contributed by atoms with Crippen LogP contribution in [-0.4, -0.2) is 59.1 Å². The molecule has 3 heterocycles. The lowest BCUT2D eigenvalue weighted by molar-refractivity contribution is -0.136. The van der Waals surface area contributed by atoms with Crippen molar-refractivity contribution in [2.24, 2.45) is 23.5 Å². The van der Waals surface area contributed by atoms with Crippen LogP contribution in [0.4, 0.5) is 0 Å². The Kier molecular flexibility index (Phi) is 4.71. The molecule has 3 aliphatic heterocycles. The summed E-state index contributed by atoms with van der Waals surface area (Å²) in [7, 11) is 0. The Labute approximate surface area is 174 Å². The van der Waals surface area contributed by atoms with E-state index in [1.807, 2.05) is 6.07 Å². The first kappa shape index (κ1) is 19.4. The Morgan fingerprint density at radius 3 is 2.33 bits per heavy atom. The maximum Gasteiger partial charge on any atom is 0.262 e. The summed E-state index contributed by atoms with van der Waals surface area (Å²) in [4.78, 5) is 52.8. The van der Waals surface area contributed by atoms with Crippen molar-refractivity contribution >= 4 is 23.6 Å². The Morgan fingerprint density at radius 1 is 0.967 bits per heavy atom. The van der Waals surface area contributed by atoms with Gasteiger partial charge in [-0.2, -0.15) is 0 Å². The normalized spacial score (nSPS) is 31.3. The topological polar surface area (TPSA) is 113 Å². The minimum absolute atomic E-state index is 0.121. The molecule has 1 saturated carbocycles. The molecule has 8 heteroatoms. The highest BCUT2D eigenvalue weighted by atomic mass is 16.2. The second-order valence-corrected chi connectivity index (χ2v) is 9.02. The fraction of sp³-hybridized carbons (Fsp3) is 0.545. The predicted octanol–water partition coefficient (Wildman–Crippen LogP) is 0.505. The van der Waals surface area contributed by atoms with Gasteiger partial charge in [0.05, 0.1) is 11.1 Å². The molecule has 1 aromatic carbocycles. The molecule has 8 nitrogen and oxygen atoms in total. The van der Waals surface area contributed by atoms with E-state index in [1.165, 1.54) is 12.8 Å². The van der Waals surface area contributed by atoms with Gasteiger partial charge in [-0.25, -0.2) is 0 Å². The molecule has 5 rings (SSSR count). The van der Waals surface area contributed by atoms with Gasteiger partial charge >= 0.3 is 0 Å². The van der Waals surface area contributed by atoms with Crippen LogP contribution >= 0.6 is 0 Å². The smallest absolute Gasteiger partial charge is 0.262 e. The number of carbonyl (C=O) groups is 4. The van der Waals surface area contributed by atoms with E-state index in [9.17, 15) is 19.2 Å². The monoisotopic (exact) mass is 410 g/mol. The first-order chi connectivity index (χ1) is 14.5. The van der Waals surface area contributed by atoms with E-state index < -0.39 is 23.8 Å². The minimum atomic E-state index is -0.926. The van der Waals surface area contributed by atoms with Gasteiger partial charge in [-0.3, -0.25) is 34.3 Å². The Hall–Kier alpha value is -2.58. The van der Waals surface area contributed by atoms with Crippen LogP contribution in [0.15, 0.2) is 18.2 Å². The number of imide groups is 2. The van der Waals surface area contributed by atoms with E-state index in [2.05, 4.69) is 10.2 Å². The largest absolute Gasteiger partial charge is 0.330 e. The third kappa shape index (κ3) is 3.06. The van der Waals surface area contributed by atoms with Crippen LogP contribution in [-0.2, 0) is 16.1 Å². The fourth-order valence-corrected chi connectivity index (χ4v) is 5.82. The first-order valence-corrected chi connectivity index (χ1v) is 10.7. The Morgan fingerprint density at radius 2 is 1.67 bits per heavy atom. The second-order valence-electron chi connectivity index (χ2n) is 9.02. The summed E-state index contributed by atoms with van der Waals surface area (Å²) in [5.74, 6) is 0.0548. The number of amides is 4. The number of hydrogen-bond donors (Lipinski definition) is 2. The first-order valence-electron chi connectivity index (χ1n) is 10.7. The van der Waals surface area contributed by atoms with E-state index in [4.69, 9.17) is 5.73 Å². The van der Waals surface area contributed by atoms with Gasteiger partial charge in [0.25, 0.3) is 11.8 Å². The maximum absolute atomic E-state index is 13.0. The van der Waals surface area contributed by atoms with E-state index in [0.717, 1.165) is 36.6 Å². The summed E-state index contributed by atoms with van der Waals surface area (Å²) in [5.41, 5.74) is 7.63. The van der Waals surface area contributed by atoms with Gasteiger partial charge in [0, 0.05) is 26.1 Å². The highest BCUT2D eigenvalue weighted by Gasteiger charge is 2.45. The third-order valence-electron chi connectivity index (χ3n) is 7.29. The van der Waals surface area contributed by atoms with Crippen LogP contribution in [0.3, 0.4) is 0 Å². The van der Waals surface area contributed by atoms with Crippen LogP contribution in [0.5, 0.6) is 0 Å². The van der Waals surface area contributed by atoms with Crippen LogP contribution in [0.2, 0.25) is 0 Å². The van der Waals surface area contributed by atoms with Crippen LogP contribution < -0.4 is 11.1 Å². The SMILES string of the molecule is NCC1C2CCC1CN(Cc1ccc3c(c1)C(=O)N(C1CCC(=O)NC1=O)C3=O)C2. The highest BCUT2D eigenvalue weighted by molar-refractivity contribution is 6.23. The zero-order valence-corrected chi connectivity index (χ0v) is 16.8. The van der Waals surface area contributed by atoms with E-state index in [-0.39, 0.29) is 18.7 Å². The number of likely N-dealkylation sites (tertiary alicyclic amines) is 1. The summed E-state index contributed by atoms with van der Waals surface area (Å²) in [6, 6.07) is 4.45. The number of nitrogens with two attached hydrogens (primary N) is 1. The number of rotatable bonds is 4. The zero-order chi connectivity index (χ0) is 21.0. The van der Waals surface area contributed by atoms with Crippen molar-refractivity contribution in [2.45, 2.75) is 38.3 Å². The van der Waals surface area contributed by atoms with Crippen molar-refractivity contribution in [3.8, 4) is 0 Å². The standard InChI is InChI=1S/C22H26N4O4/c23-8-17-13-2-3-14(17)11-25(10-13)9-12-1-4-15-16(7-12)22(30)26(21(15)29)18-5-6-19(27)24-20(18)28/h1,4,7,13-14,17-18H,2-3,5-6,8-11,23H2,(H,24,27,28). The van der Waals surface area contributed by atoms with E-state index >= 15 is 0 Å². The van der Waals surface area contributed by atoms with E-state index in [1.54, 1.807) is 12.1 Å². The van der Waals surface area contributed by atoms with Crippen molar-refractivity contribution in [3.05, 3.63) is 34.9 Å². The van der Waals surface area contributed by atoms with Gasteiger partial charge in [0.15, 0.2) is 0 Å². The van der Waals surface area contributed by atoms with Gasteiger partial charge in [-0.05, 0) is 61.3 Å². The average Bonchev–Trinajstić information content (AvgIpc) is 3.11. The molecule has 3 unspecified atom stereocenters. The van der Waals surface area contributed by atoms with Crippen LogP contribution in [0, 0.1) is 17.8 Å². The van der Waals surface area contributed by atoms with Gasteiger partial charge in [0.2, 0.25) is 11.8 Å². The quantitative estimate of drug-likeness (QED) is 0.699. The number of benzene rings is 1. The van der Waals surface area contributed by atoms with Crippen molar-refractivity contribution in [2.75, 3.05) is 19.6 Å². The summed E-state index contributed by atoms with van der Waals surface area (Å²) >= 11 is 0. The molecular formula is C22H26N4O4. The molecule has 158 valence electrons. The lowest BCUT2D eigenvalue weighted by atomic mass is 9.85. The lowest BCUT2D eigenvalue weighted by Gasteiger charge is -2.37. The van der Waals surface area contributed by atoms with Crippen LogP contribution in [0.1, 0.15) is 52.0 Å². The number of hydrogen-bond acceptors (Lipinski definition) is 6. The molecule has 4 amide bonds. The predicted molar refractivity (Wildman–Crippen MR) is 107 cm³/mol. The van der Waals surface area contributed by atoms with E-state index in [0.29, 0.717) is 28.9 Å². The maximum atomic E-state index is 13.0. The summed E-state index contributed by atoms with van der Waals surface area (Å²) in [5, 5.41) is 2.22. The van der Waals surface area contributed by atoms with Crippen molar-refractivity contribution < 1.29 is 19.2 Å². The number of piperidine rings is 2. The Balaban J connectivity index is 1.33. The molecule has 3 fully saturated rings.